The number of aromatic nitrogens is 4. The second-order valence-electron chi connectivity index (χ2n) is 6.54. The summed E-state index contributed by atoms with van der Waals surface area (Å²) in [5.74, 6) is 1.95. The number of rotatable bonds is 3. The Balaban J connectivity index is 1.96. The molecule has 21 heavy (non-hydrogen) atoms. The monoisotopic (exact) mass is 305 g/mol. The fourth-order valence-corrected chi connectivity index (χ4v) is 2.90. The molecule has 0 radical (unpaired) electrons. The van der Waals surface area contributed by atoms with Crippen LogP contribution in [0.25, 0.3) is 0 Å². The van der Waals surface area contributed by atoms with Gasteiger partial charge in [-0.25, -0.2) is 9.97 Å². The van der Waals surface area contributed by atoms with E-state index >= 15 is 0 Å². The Bertz CT molecular complexity index is 675. The SMILES string of the molecule is CC(C)c1cc(Nc2nc(Cl)nc3c2CCC3(C)C)n[nH]1. The van der Waals surface area contributed by atoms with E-state index in [1.54, 1.807) is 0 Å². The van der Waals surface area contributed by atoms with Crippen LogP contribution in [0.15, 0.2) is 6.07 Å². The van der Waals surface area contributed by atoms with Gasteiger partial charge in [-0.1, -0.05) is 27.7 Å². The lowest BCUT2D eigenvalue weighted by atomic mass is 9.91. The molecule has 6 heteroatoms. The molecule has 2 heterocycles. The molecule has 0 aliphatic heterocycles. The third-order valence-electron chi connectivity index (χ3n) is 4.09. The number of halogens is 1. The Labute approximate surface area is 129 Å². The van der Waals surface area contributed by atoms with Crippen molar-refractivity contribution in [1.29, 1.82) is 0 Å². The van der Waals surface area contributed by atoms with Crippen molar-refractivity contribution in [2.75, 3.05) is 5.32 Å². The van der Waals surface area contributed by atoms with E-state index in [2.05, 4.69) is 53.2 Å². The van der Waals surface area contributed by atoms with Crippen LogP contribution in [0.1, 0.15) is 57.0 Å². The summed E-state index contributed by atoms with van der Waals surface area (Å²) in [4.78, 5) is 8.78. The van der Waals surface area contributed by atoms with E-state index in [1.807, 2.05) is 6.07 Å². The summed E-state index contributed by atoms with van der Waals surface area (Å²) < 4.78 is 0. The molecule has 2 aromatic rings. The number of nitrogens with one attached hydrogen (secondary N) is 2. The topological polar surface area (TPSA) is 66.5 Å². The van der Waals surface area contributed by atoms with Crippen molar-refractivity contribution in [1.82, 2.24) is 20.2 Å². The Morgan fingerprint density at radius 2 is 2.10 bits per heavy atom. The standard InChI is InChI=1S/C15H20ClN5/c1-8(2)10-7-11(21-20-10)17-13-9-5-6-15(3,4)12(9)18-14(16)19-13/h7-8H,5-6H2,1-4H3,(H2,17,18,19,20,21). The molecule has 0 bridgehead atoms. The van der Waals surface area contributed by atoms with E-state index in [4.69, 9.17) is 11.6 Å². The number of hydrogen-bond donors (Lipinski definition) is 2. The molecule has 1 aliphatic carbocycles. The van der Waals surface area contributed by atoms with Crippen LogP contribution in [0.2, 0.25) is 5.28 Å². The van der Waals surface area contributed by atoms with Gasteiger partial charge in [-0.3, -0.25) is 5.10 Å². The third-order valence-corrected chi connectivity index (χ3v) is 4.26. The second kappa shape index (κ2) is 4.98. The van der Waals surface area contributed by atoms with Gasteiger partial charge in [-0.05, 0) is 30.4 Å². The van der Waals surface area contributed by atoms with Crippen molar-refractivity contribution in [2.45, 2.75) is 51.9 Å². The molecule has 5 nitrogen and oxygen atoms in total. The predicted octanol–water partition coefficient (Wildman–Crippen LogP) is 3.94. The molecule has 0 aromatic carbocycles. The van der Waals surface area contributed by atoms with Crippen molar-refractivity contribution >= 4 is 23.2 Å². The summed E-state index contributed by atoms with van der Waals surface area (Å²) >= 11 is 6.09. The number of hydrogen-bond acceptors (Lipinski definition) is 4. The Morgan fingerprint density at radius 3 is 2.76 bits per heavy atom. The van der Waals surface area contributed by atoms with Crippen LogP contribution in [0, 0.1) is 0 Å². The smallest absolute Gasteiger partial charge is 0.224 e. The zero-order chi connectivity index (χ0) is 15.2. The lowest BCUT2D eigenvalue weighted by molar-refractivity contribution is 0.509. The summed E-state index contributed by atoms with van der Waals surface area (Å²) in [6.07, 6.45) is 2.02. The zero-order valence-corrected chi connectivity index (χ0v) is 13.5. The molecule has 112 valence electrons. The van der Waals surface area contributed by atoms with E-state index < -0.39 is 0 Å². The Hall–Kier alpha value is -1.62. The maximum absolute atomic E-state index is 6.09. The fraction of sp³-hybridized carbons (Fsp3) is 0.533. The van der Waals surface area contributed by atoms with Crippen LogP contribution >= 0.6 is 11.6 Å². The molecule has 0 atom stereocenters. The van der Waals surface area contributed by atoms with Gasteiger partial charge in [0.25, 0.3) is 0 Å². The van der Waals surface area contributed by atoms with Gasteiger partial charge in [0.1, 0.15) is 5.82 Å². The van der Waals surface area contributed by atoms with Crippen LogP contribution in [0.3, 0.4) is 0 Å². The number of aromatic amines is 1. The van der Waals surface area contributed by atoms with Gasteiger partial charge in [0.15, 0.2) is 5.82 Å². The lowest BCUT2D eigenvalue weighted by Crippen LogP contribution is -2.15. The largest absolute Gasteiger partial charge is 0.323 e. The molecule has 0 unspecified atom stereocenters. The predicted molar refractivity (Wildman–Crippen MR) is 84.3 cm³/mol. The first-order valence-corrected chi connectivity index (χ1v) is 7.64. The average Bonchev–Trinajstić information content (AvgIpc) is 2.96. The number of H-pyrrole nitrogens is 1. The molecule has 2 aromatic heterocycles. The summed E-state index contributed by atoms with van der Waals surface area (Å²) in [5, 5.41) is 10.9. The third kappa shape index (κ3) is 2.62. The van der Waals surface area contributed by atoms with Gasteiger partial charge < -0.3 is 5.32 Å². The minimum absolute atomic E-state index is 0.0486. The van der Waals surface area contributed by atoms with Crippen molar-refractivity contribution in [2.24, 2.45) is 0 Å². The van der Waals surface area contributed by atoms with Crippen LogP contribution in [-0.4, -0.2) is 20.2 Å². The second-order valence-corrected chi connectivity index (χ2v) is 6.88. The maximum Gasteiger partial charge on any atom is 0.224 e. The number of nitrogens with zero attached hydrogens (tertiary/aromatic N) is 3. The molecular formula is C15H20ClN5. The van der Waals surface area contributed by atoms with Gasteiger partial charge in [-0.2, -0.15) is 5.10 Å². The maximum atomic E-state index is 6.09. The quantitative estimate of drug-likeness (QED) is 0.843. The first kappa shape index (κ1) is 14.3. The minimum atomic E-state index is 0.0486. The highest BCUT2D eigenvalue weighted by molar-refractivity contribution is 6.28. The summed E-state index contributed by atoms with van der Waals surface area (Å²) in [5.41, 5.74) is 3.34. The average molecular weight is 306 g/mol. The Kier molecular flexibility index (Phi) is 3.40. The van der Waals surface area contributed by atoms with Crippen molar-refractivity contribution in [3.63, 3.8) is 0 Å². The normalized spacial score (nSPS) is 16.3. The molecule has 0 fully saturated rings. The van der Waals surface area contributed by atoms with Gasteiger partial charge in [0, 0.05) is 22.7 Å². The first-order chi connectivity index (χ1) is 9.87. The highest BCUT2D eigenvalue weighted by atomic mass is 35.5. The van der Waals surface area contributed by atoms with Crippen molar-refractivity contribution < 1.29 is 0 Å². The van der Waals surface area contributed by atoms with E-state index in [0.717, 1.165) is 41.4 Å². The van der Waals surface area contributed by atoms with Gasteiger partial charge >= 0.3 is 0 Å². The number of fused-ring (bicyclic) bond motifs is 1. The van der Waals surface area contributed by atoms with E-state index in [-0.39, 0.29) is 10.7 Å². The fourth-order valence-electron chi connectivity index (χ4n) is 2.73. The van der Waals surface area contributed by atoms with Crippen molar-refractivity contribution in [3.05, 3.63) is 28.3 Å². The van der Waals surface area contributed by atoms with Crippen LogP contribution in [0.5, 0.6) is 0 Å². The van der Waals surface area contributed by atoms with E-state index in [1.165, 1.54) is 0 Å². The Morgan fingerprint density at radius 1 is 1.33 bits per heavy atom. The zero-order valence-electron chi connectivity index (χ0n) is 12.8. The van der Waals surface area contributed by atoms with Crippen LogP contribution in [0.4, 0.5) is 11.6 Å². The van der Waals surface area contributed by atoms with Gasteiger partial charge in [-0.15, -0.1) is 0 Å². The molecule has 2 N–H and O–H groups in total. The van der Waals surface area contributed by atoms with Gasteiger partial charge in [0.05, 0.1) is 5.69 Å². The molecule has 0 spiro atoms. The number of anilines is 2. The van der Waals surface area contributed by atoms with E-state index in [0.29, 0.717) is 5.92 Å². The highest BCUT2D eigenvalue weighted by Crippen LogP contribution is 2.40. The summed E-state index contributed by atoms with van der Waals surface area (Å²) in [6.45, 7) is 8.63. The minimum Gasteiger partial charge on any atom is -0.323 e. The molecule has 0 amide bonds. The van der Waals surface area contributed by atoms with Crippen LogP contribution < -0.4 is 5.32 Å². The van der Waals surface area contributed by atoms with Crippen molar-refractivity contribution in [3.8, 4) is 0 Å². The molecule has 1 aliphatic rings. The molecular weight excluding hydrogens is 286 g/mol. The van der Waals surface area contributed by atoms with Crippen LogP contribution in [-0.2, 0) is 11.8 Å². The summed E-state index contributed by atoms with van der Waals surface area (Å²) in [6, 6.07) is 2.01. The van der Waals surface area contributed by atoms with E-state index in [9.17, 15) is 0 Å². The molecule has 3 rings (SSSR count). The first-order valence-electron chi connectivity index (χ1n) is 7.26. The molecule has 0 saturated heterocycles. The lowest BCUT2D eigenvalue weighted by Gasteiger charge is -2.18. The van der Waals surface area contributed by atoms with Gasteiger partial charge in [0.2, 0.25) is 5.28 Å². The molecule has 0 saturated carbocycles. The highest BCUT2D eigenvalue weighted by Gasteiger charge is 2.34. The summed E-state index contributed by atoms with van der Waals surface area (Å²) in [7, 11) is 0.